The van der Waals surface area contributed by atoms with Crippen LogP contribution in [0.4, 0.5) is 11.6 Å². The number of carbonyl (C=O) groups is 1. The quantitative estimate of drug-likeness (QED) is 0.937. The minimum absolute atomic E-state index is 0.149. The molecule has 0 aliphatic heterocycles. The molecule has 4 rings (SSSR count). The van der Waals surface area contributed by atoms with Gasteiger partial charge < -0.3 is 10.2 Å². The molecule has 0 radical (unpaired) electrons. The predicted octanol–water partition coefficient (Wildman–Crippen LogP) is 3.03. The molecule has 2 aromatic rings. The van der Waals surface area contributed by atoms with Crippen LogP contribution in [0.2, 0.25) is 0 Å². The molecule has 1 saturated carbocycles. The third-order valence-electron chi connectivity index (χ3n) is 4.83. The maximum Gasteiger partial charge on any atom is 0.223 e. The highest BCUT2D eigenvalue weighted by Crippen LogP contribution is 2.33. The lowest BCUT2D eigenvalue weighted by molar-refractivity contribution is 0.0962. The van der Waals surface area contributed by atoms with Crippen LogP contribution in [-0.2, 0) is 6.42 Å². The van der Waals surface area contributed by atoms with Gasteiger partial charge in [-0.2, -0.15) is 0 Å². The van der Waals surface area contributed by atoms with Crippen molar-refractivity contribution in [2.45, 2.75) is 37.6 Å². The summed E-state index contributed by atoms with van der Waals surface area (Å²) in [4.78, 5) is 23.5. The smallest absolute Gasteiger partial charge is 0.223 e. The second kappa shape index (κ2) is 5.89. The molecule has 2 aliphatic carbocycles. The Kier molecular flexibility index (Phi) is 3.71. The van der Waals surface area contributed by atoms with Crippen molar-refractivity contribution in [2.24, 2.45) is 0 Å². The highest BCUT2D eigenvalue weighted by molar-refractivity contribution is 5.98. The Morgan fingerprint density at radius 3 is 2.54 bits per heavy atom. The van der Waals surface area contributed by atoms with Gasteiger partial charge in [-0.3, -0.25) is 4.79 Å². The summed E-state index contributed by atoms with van der Waals surface area (Å²) >= 11 is 0. The number of fused-ring (bicyclic) bond motifs is 1. The van der Waals surface area contributed by atoms with Crippen LogP contribution in [0.3, 0.4) is 0 Å². The number of carbonyl (C=O) groups excluding carboxylic acids is 1. The molecule has 1 atom stereocenters. The van der Waals surface area contributed by atoms with Crippen molar-refractivity contribution in [1.29, 1.82) is 0 Å². The number of benzene rings is 1. The summed E-state index contributed by atoms with van der Waals surface area (Å²) in [6.45, 7) is 0. The van der Waals surface area contributed by atoms with Gasteiger partial charge in [-0.15, -0.1) is 0 Å². The van der Waals surface area contributed by atoms with Gasteiger partial charge in [-0.25, -0.2) is 9.97 Å². The lowest BCUT2D eigenvalue weighted by atomic mass is 9.82. The zero-order valence-corrected chi connectivity index (χ0v) is 14.1. The summed E-state index contributed by atoms with van der Waals surface area (Å²) in [6.07, 6.45) is 5.39. The lowest BCUT2D eigenvalue weighted by Gasteiger charge is -2.24. The summed E-state index contributed by atoms with van der Waals surface area (Å²) in [5, 5.41) is 3.32. The van der Waals surface area contributed by atoms with E-state index in [1.54, 1.807) is 6.20 Å². The fourth-order valence-corrected chi connectivity index (χ4v) is 3.21. The largest absolute Gasteiger partial charge is 0.378 e. The molecule has 0 spiro atoms. The van der Waals surface area contributed by atoms with E-state index in [4.69, 9.17) is 0 Å². The van der Waals surface area contributed by atoms with E-state index in [9.17, 15) is 4.79 Å². The van der Waals surface area contributed by atoms with Crippen LogP contribution in [0.25, 0.3) is 0 Å². The Morgan fingerprint density at radius 1 is 1.12 bits per heavy atom. The van der Waals surface area contributed by atoms with Crippen molar-refractivity contribution in [3.63, 3.8) is 0 Å². The number of hydrogen-bond donors (Lipinski definition) is 1. The molecule has 0 bridgehead atoms. The van der Waals surface area contributed by atoms with Crippen LogP contribution in [0, 0.1) is 0 Å². The molecule has 2 aliphatic rings. The van der Waals surface area contributed by atoms with E-state index in [1.165, 1.54) is 24.1 Å². The number of nitrogens with zero attached hydrogens (tertiary/aromatic N) is 3. The predicted molar refractivity (Wildman–Crippen MR) is 94.8 cm³/mol. The normalized spacial score (nSPS) is 19.8. The molecular formula is C19H22N4O. The first-order valence-electron chi connectivity index (χ1n) is 8.53. The van der Waals surface area contributed by atoms with Gasteiger partial charge in [-0.1, -0.05) is 12.1 Å². The average molecular weight is 322 g/mol. The standard InChI is InChI=1S/C19H22N4O/c1-23(2)15-7-3-12(4-8-15)13-9-17-16(18(24)10-13)11-20-19(22-17)21-14-5-6-14/h3-4,7-8,11,13-14H,5-6,9-10H2,1-2H3,(H,20,21,22). The van der Waals surface area contributed by atoms with Gasteiger partial charge >= 0.3 is 0 Å². The van der Waals surface area contributed by atoms with Crippen molar-refractivity contribution in [2.75, 3.05) is 24.3 Å². The molecule has 5 heteroatoms. The fraction of sp³-hybridized carbons (Fsp3) is 0.421. The Hall–Kier alpha value is -2.43. The number of rotatable bonds is 4. The molecule has 124 valence electrons. The second-order valence-electron chi connectivity index (χ2n) is 6.99. The van der Waals surface area contributed by atoms with Gasteiger partial charge in [0.1, 0.15) is 0 Å². The summed E-state index contributed by atoms with van der Waals surface area (Å²) in [6, 6.07) is 8.98. The highest BCUT2D eigenvalue weighted by atomic mass is 16.1. The van der Waals surface area contributed by atoms with Crippen LogP contribution in [0.5, 0.6) is 0 Å². The Balaban J connectivity index is 1.58. The van der Waals surface area contributed by atoms with E-state index >= 15 is 0 Å². The first-order valence-corrected chi connectivity index (χ1v) is 8.53. The zero-order valence-electron chi connectivity index (χ0n) is 14.1. The average Bonchev–Trinajstić information content (AvgIpc) is 3.38. The van der Waals surface area contributed by atoms with E-state index in [1.807, 2.05) is 14.1 Å². The maximum absolute atomic E-state index is 12.5. The summed E-state index contributed by atoms with van der Waals surface area (Å²) in [5.74, 6) is 1.01. The first-order chi connectivity index (χ1) is 11.6. The molecular weight excluding hydrogens is 300 g/mol. The van der Waals surface area contributed by atoms with Crippen LogP contribution < -0.4 is 10.2 Å². The van der Waals surface area contributed by atoms with E-state index in [-0.39, 0.29) is 11.7 Å². The van der Waals surface area contributed by atoms with E-state index in [2.05, 4.69) is 44.5 Å². The number of anilines is 2. The van der Waals surface area contributed by atoms with Gasteiger partial charge in [0.25, 0.3) is 0 Å². The second-order valence-corrected chi connectivity index (χ2v) is 6.99. The molecule has 1 fully saturated rings. The minimum atomic E-state index is 0.149. The molecule has 1 N–H and O–H groups in total. The third kappa shape index (κ3) is 2.98. The Morgan fingerprint density at radius 2 is 1.88 bits per heavy atom. The van der Waals surface area contributed by atoms with Crippen molar-refractivity contribution in [1.82, 2.24) is 9.97 Å². The number of nitrogens with one attached hydrogen (secondary N) is 1. The monoisotopic (exact) mass is 322 g/mol. The molecule has 1 heterocycles. The van der Waals surface area contributed by atoms with Gasteiger partial charge in [0.15, 0.2) is 5.78 Å². The van der Waals surface area contributed by atoms with Gasteiger partial charge in [0.05, 0.1) is 11.3 Å². The minimum Gasteiger partial charge on any atom is -0.378 e. The van der Waals surface area contributed by atoms with Crippen molar-refractivity contribution in [3.8, 4) is 0 Å². The topological polar surface area (TPSA) is 58.1 Å². The van der Waals surface area contributed by atoms with Gasteiger partial charge in [0, 0.05) is 38.4 Å². The number of ketones is 1. The van der Waals surface area contributed by atoms with Crippen LogP contribution in [0.15, 0.2) is 30.5 Å². The van der Waals surface area contributed by atoms with Crippen molar-refractivity contribution < 1.29 is 4.79 Å². The third-order valence-corrected chi connectivity index (χ3v) is 4.83. The Labute approximate surface area is 142 Å². The summed E-state index contributed by atoms with van der Waals surface area (Å²) < 4.78 is 0. The number of hydrogen-bond acceptors (Lipinski definition) is 5. The first kappa shape index (κ1) is 15.1. The lowest BCUT2D eigenvalue weighted by Crippen LogP contribution is -2.21. The molecule has 5 nitrogen and oxygen atoms in total. The Bertz CT molecular complexity index is 765. The summed E-state index contributed by atoms with van der Waals surface area (Å²) in [5.41, 5.74) is 3.94. The van der Waals surface area contributed by atoms with Crippen LogP contribution in [0.1, 0.15) is 46.8 Å². The fourth-order valence-electron chi connectivity index (χ4n) is 3.21. The molecule has 0 saturated heterocycles. The molecule has 1 aromatic carbocycles. The molecule has 1 unspecified atom stereocenters. The number of Topliss-reactive ketones (excluding diaryl/α,β-unsaturated/α-hetero) is 1. The van der Waals surface area contributed by atoms with Gasteiger partial charge in [-0.05, 0) is 42.9 Å². The highest BCUT2D eigenvalue weighted by Gasteiger charge is 2.29. The van der Waals surface area contributed by atoms with E-state index in [0.717, 1.165) is 12.1 Å². The molecule has 0 amide bonds. The molecule has 24 heavy (non-hydrogen) atoms. The number of aromatic nitrogens is 2. The SMILES string of the molecule is CN(C)c1ccc(C2CC(=O)c3cnc(NC4CC4)nc3C2)cc1. The zero-order chi connectivity index (χ0) is 16.7. The van der Waals surface area contributed by atoms with Crippen molar-refractivity contribution in [3.05, 3.63) is 47.3 Å². The van der Waals surface area contributed by atoms with Crippen LogP contribution >= 0.6 is 0 Å². The van der Waals surface area contributed by atoms with E-state index in [0.29, 0.717) is 24.0 Å². The molecule has 1 aromatic heterocycles. The van der Waals surface area contributed by atoms with Crippen molar-refractivity contribution >= 4 is 17.4 Å². The van der Waals surface area contributed by atoms with Crippen LogP contribution in [-0.4, -0.2) is 35.9 Å². The summed E-state index contributed by atoms with van der Waals surface area (Å²) in [7, 11) is 4.06. The maximum atomic E-state index is 12.5. The van der Waals surface area contributed by atoms with Gasteiger partial charge in [0.2, 0.25) is 5.95 Å². The van der Waals surface area contributed by atoms with E-state index < -0.39 is 0 Å².